The number of nitrogens with zero attached hydrogens (tertiary/aromatic N) is 4. The minimum atomic E-state index is 0.640. The molecule has 0 fully saturated rings. The number of hydrogen-bond acceptors (Lipinski definition) is 3. The van der Waals surface area contributed by atoms with E-state index >= 15 is 0 Å². The molecule has 10 aromatic rings. The predicted molar refractivity (Wildman–Crippen MR) is 191 cm³/mol. The average Bonchev–Trinajstić information content (AvgIpc) is 3.66. The van der Waals surface area contributed by atoms with Crippen LogP contribution in [0.5, 0.6) is 11.5 Å². The van der Waals surface area contributed by atoms with Crippen molar-refractivity contribution < 1.29 is 4.74 Å². The number of ether oxygens (including phenoxy) is 1. The van der Waals surface area contributed by atoms with Crippen LogP contribution in [0.1, 0.15) is 0 Å². The molecule has 0 atom stereocenters. The smallest absolute Gasteiger partial charge is 0.235 e. The van der Waals surface area contributed by atoms with E-state index in [0.29, 0.717) is 5.95 Å². The lowest BCUT2D eigenvalue weighted by Crippen LogP contribution is -2.06. The normalized spacial score (nSPS) is 12.4. The fraction of sp³-hybridized carbons (Fsp3) is 0. The van der Waals surface area contributed by atoms with Gasteiger partial charge in [-0.2, -0.15) is 0 Å². The van der Waals surface area contributed by atoms with Crippen LogP contribution >= 0.6 is 0 Å². The first-order chi connectivity index (χ1) is 23.3. The molecule has 0 saturated heterocycles. The van der Waals surface area contributed by atoms with E-state index < -0.39 is 0 Å². The lowest BCUT2D eigenvalue weighted by atomic mass is 9.99. The van der Waals surface area contributed by atoms with Gasteiger partial charge in [0.05, 0.1) is 38.7 Å². The summed E-state index contributed by atoms with van der Waals surface area (Å²) in [5.74, 6) is 2.23. The van der Waals surface area contributed by atoms with Crippen molar-refractivity contribution in [1.29, 1.82) is 0 Å². The standard InChI is InChI=1S/C42H24N4O/c1-2-13-25(14-3-1)45-32-21-9-7-18-29(32)37-40(45)27-16-5-4-15-26(27)36-28-17-6-10-22-33(28)46(41(36)37)42-43-31-20-12-24-35-38(31)39(44-42)30-19-8-11-23-34(30)47-35/h1-24H. The van der Waals surface area contributed by atoms with Crippen molar-refractivity contribution >= 4 is 65.3 Å². The molecule has 7 aromatic carbocycles. The molecule has 11 rings (SSSR count). The number of aromatic nitrogens is 4. The molecule has 0 aliphatic carbocycles. The highest BCUT2D eigenvalue weighted by atomic mass is 16.5. The van der Waals surface area contributed by atoms with Gasteiger partial charge < -0.3 is 9.30 Å². The Morgan fingerprint density at radius 1 is 0.426 bits per heavy atom. The maximum absolute atomic E-state index is 6.33. The number of hydrogen-bond donors (Lipinski definition) is 0. The Hall–Kier alpha value is -6.46. The van der Waals surface area contributed by atoms with Crippen molar-refractivity contribution in [1.82, 2.24) is 19.1 Å². The Balaban J connectivity index is 1.41. The van der Waals surface area contributed by atoms with Gasteiger partial charge in [-0.3, -0.25) is 4.57 Å². The van der Waals surface area contributed by atoms with Crippen LogP contribution in [0.3, 0.4) is 0 Å². The van der Waals surface area contributed by atoms with Gasteiger partial charge in [0.1, 0.15) is 11.5 Å². The Bertz CT molecular complexity index is 2940. The molecule has 5 heteroatoms. The zero-order valence-electron chi connectivity index (χ0n) is 25.1. The molecule has 1 aliphatic rings. The molecule has 0 spiro atoms. The molecule has 4 heterocycles. The van der Waals surface area contributed by atoms with Crippen LogP contribution in [0.2, 0.25) is 0 Å². The highest BCUT2D eigenvalue weighted by Gasteiger charge is 2.27. The monoisotopic (exact) mass is 600 g/mol. The summed E-state index contributed by atoms with van der Waals surface area (Å²) in [6.45, 7) is 0. The maximum atomic E-state index is 6.33. The third-order valence-corrected chi connectivity index (χ3v) is 9.69. The quantitative estimate of drug-likeness (QED) is 0.198. The van der Waals surface area contributed by atoms with E-state index in [0.717, 1.165) is 55.9 Å². The second-order valence-corrected chi connectivity index (χ2v) is 12.2. The molecule has 0 bridgehead atoms. The average molecular weight is 601 g/mol. The largest absolute Gasteiger partial charge is 0.456 e. The number of rotatable bonds is 2. The topological polar surface area (TPSA) is 44.9 Å². The molecule has 218 valence electrons. The van der Waals surface area contributed by atoms with E-state index in [2.05, 4.69) is 124 Å². The van der Waals surface area contributed by atoms with Gasteiger partial charge in [-0.15, -0.1) is 0 Å². The predicted octanol–water partition coefficient (Wildman–Crippen LogP) is 10.7. The lowest BCUT2D eigenvalue weighted by molar-refractivity contribution is 0.486. The zero-order chi connectivity index (χ0) is 30.6. The summed E-state index contributed by atoms with van der Waals surface area (Å²) in [4.78, 5) is 10.7. The number of fused-ring (bicyclic) bond motifs is 12. The molecular weight excluding hydrogens is 576 g/mol. The third-order valence-electron chi connectivity index (χ3n) is 9.69. The first-order valence-electron chi connectivity index (χ1n) is 15.9. The highest BCUT2D eigenvalue weighted by Crippen LogP contribution is 2.48. The number of para-hydroxylation sites is 4. The van der Waals surface area contributed by atoms with E-state index in [1.54, 1.807) is 0 Å². The minimum Gasteiger partial charge on any atom is -0.456 e. The molecule has 3 aromatic heterocycles. The van der Waals surface area contributed by atoms with Crippen molar-refractivity contribution in [2.45, 2.75) is 0 Å². The summed E-state index contributed by atoms with van der Waals surface area (Å²) in [5, 5.41) is 8.10. The van der Waals surface area contributed by atoms with Crippen LogP contribution in [0.15, 0.2) is 146 Å². The maximum Gasteiger partial charge on any atom is 0.235 e. The molecule has 1 aliphatic heterocycles. The molecule has 5 nitrogen and oxygen atoms in total. The first kappa shape index (κ1) is 24.8. The molecule has 0 radical (unpaired) electrons. The van der Waals surface area contributed by atoms with E-state index in [4.69, 9.17) is 14.7 Å². The summed E-state index contributed by atoms with van der Waals surface area (Å²) < 4.78 is 11.0. The molecule has 0 amide bonds. The van der Waals surface area contributed by atoms with Gasteiger partial charge in [0.15, 0.2) is 0 Å². The van der Waals surface area contributed by atoms with E-state index in [1.807, 2.05) is 30.3 Å². The second kappa shape index (κ2) is 9.05. The molecule has 0 N–H and O–H groups in total. The van der Waals surface area contributed by atoms with Crippen molar-refractivity contribution in [3.63, 3.8) is 0 Å². The molecule has 0 unspecified atom stereocenters. The Morgan fingerprint density at radius 2 is 1.06 bits per heavy atom. The van der Waals surface area contributed by atoms with Crippen LogP contribution in [-0.2, 0) is 0 Å². The van der Waals surface area contributed by atoms with E-state index in [9.17, 15) is 0 Å². The van der Waals surface area contributed by atoms with Crippen LogP contribution in [0, 0.1) is 0 Å². The van der Waals surface area contributed by atoms with Gasteiger partial charge in [-0.05, 0) is 53.9 Å². The van der Waals surface area contributed by atoms with Crippen LogP contribution < -0.4 is 4.74 Å². The fourth-order valence-corrected chi connectivity index (χ4v) is 7.83. The summed E-state index contributed by atoms with van der Waals surface area (Å²) in [6.07, 6.45) is 0. The van der Waals surface area contributed by atoms with Gasteiger partial charge in [0.2, 0.25) is 5.95 Å². The number of benzene rings is 7. The zero-order valence-corrected chi connectivity index (χ0v) is 25.1. The molecule has 0 saturated carbocycles. The van der Waals surface area contributed by atoms with Crippen molar-refractivity contribution in [2.24, 2.45) is 0 Å². The third kappa shape index (κ3) is 3.22. The van der Waals surface area contributed by atoms with Gasteiger partial charge in [-0.1, -0.05) is 97.1 Å². The summed E-state index contributed by atoms with van der Waals surface area (Å²) >= 11 is 0. The molecular formula is C42H24N4O. The van der Waals surface area contributed by atoms with E-state index in [-0.39, 0.29) is 0 Å². The Labute approximate surface area is 268 Å². The Kier molecular flexibility index (Phi) is 4.78. The summed E-state index contributed by atoms with van der Waals surface area (Å²) in [5.41, 5.74) is 8.34. The van der Waals surface area contributed by atoms with E-state index in [1.165, 1.54) is 37.8 Å². The molecule has 47 heavy (non-hydrogen) atoms. The second-order valence-electron chi connectivity index (χ2n) is 12.2. The Morgan fingerprint density at radius 3 is 1.89 bits per heavy atom. The van der Waals surface area contributed by atoms with Gasteiger partial charge in [0, 0.05) is 38.2 Å². The van der Waals surface area contributed by atoms with Crippen LogP contribution in [0.4, 0.5) is 0 Å². The minimum absolute atomic E-state index is 0.640. The highest BCUT2D eigenvalue weighted by molar-refractivity contribution is 6.36. The van der Waals surface area contributed by atoms with Crippen molar-refractivity contribution in [3.8, 4) is 34.4 Å². The van der Waals surface area contributed by atoms with Crippen LogP contribution in [-0.4, -0.2) is 19.1 Å². The lowest BCUT2D eigenvalue weighted by Gasteiger charge is -2.21. The van der Waals surface area contributed by atoms with Crippen molar-refractivity contribution in [2.75, 3.05) is 0 Å². The summed E-state index contributed by atoms with van der Waals surface area (Å²) in [7, 11) is 0. The van der Waals surface area contributed by atoms with Gasteiger partial charge in [-0.25, -0.2) is 9.97 Å². The SMILES string of the molecule is c1ccc(-n2c3ccccc3c3c2c2ccccc2c2c4ccccc4n(-c4nc5c6c(cccc6n4)Oc4ccccc4-5)c23)cc1. The van der Waals surface area contributed by atoms with Gasteiger partial charge >= 0.3 is 0 Å². The van der Waals surface area contributed by atoms with Gasteiger partial charge in [0.25, 0.3) is 0 Å². The summed E-state index contributed by atoms with van der Waals surface area (Å²) in [6, 6.07) is 51.1. The van der Waals surface area contributed by atoms with Crippen LogP contribution in [0.25, 0.3) is 88.2 Å². The fourth-order valence-electron chi connectivity index (χ4n) is 7.83. The first-order valence-corrected chi connectivity index (χ1v) is 15.9. The van der Waals surface area contributed by atoms with Crippen molar-refractivity contribution in [3.05, 3.63) is 146 Å².